The van der Waals surface area contributed by atoms with Gasteiger partial charge in [0.1, 0.15) is 17.3 Å². The van der Waals surface area contributed by atoms with Gasteiger partial charge in [-0.05, 0) is 79.9 Å². The molecule has 1 unspecified atom stereocenters. The van der Waals surface area contributed by atoms with Crippen molar-refractivity contribution in [1.82, 2.24) is 4.98 Å². The molecule has 0 radical (unpaired) electrons. The van der Waals surface area contributed by atoms with Crippen molar-refractivity contribution in [1.29, 1.82) is 0 Å². The number of Topliss-reactive ketones (excluding diaryl/α,β-unsaturated/α-hetero) is 1. The molecule has 1 aliphatic rings. The first-order chi connectivity index (χ1) is 17.7. The number of nitrogens with zero attached hydrogens (tertiary/aromatic N) is 2. The fraction of sp³-hybridized carbons (Fsp3) is 0.179. The second kappa shape index (κ2) is 9.53. The van der Waals surface area contributed by atoms with Crippen molar-refractivity contribution in [3.05, 3.63) is 87.4 Å². The summed E-state index contributed by atoms with van der Waals surface area (Å²) in [6.45, 7) is 6.15. The van der Waals surface area contributed by atoms with E-state index in [9.17, 15) is 19.8 Å². The van der Waals surface area contributed by atoms with Crippen LogP contribution in [0.15, 0.2) is 60.2 Å². The van der Waals surface area contributed by atoms with Crippen LogP contribution in [0, 0.1) is 13.8 Å². The molecule has 4 aromatic rings. The number of aryl methyl sites for hydroxylation is 2. The number of aliphatic hydroxyl groups is 1. The Bertz CT molecular complexity index is 1550. The van der Waals surface area contributed by atoms with Gasteiger partial charge in [0.2, 0.25) is 0 Å². The number of carbonyl (C=O) groups excluding carboxylic acids is 2. The number of aromatic hydroxyl groups is 1. The van der Waals surface area contributed by atoms with Crippen molar-refractivity contribution in [2.24, 2.45) is 0 Å². The fourth-order valence-corrected chi connectivity index (χ4v) is 5.59. The number of halogens is 1. The number of ketones is 1. The number of hydrogen-bond acceptors (Lipinski definition) is 7. The van der Waals surface area contributed by atoms with Crippen molar-refractivity contribution in [2.45, 2.75) is 26.8 Å². The lowest BCUT2D eigenvalue weighted by Crippen LogP contribution is -2.29. The van der Waals surface area contributed by atoms with Crippen LogP contribution < -0.4 is 9.64 Å². The Morgan fingerprint density at radius 1 is 1.08 bits per heavy atom. The topological polar surface area (TPSA) is 100.0 Å². The van der Waals surface area contributed by atoms with Gasteiger partial charge in [-0.1, -0.05) is 35.1 Å². The average Bonchev–Trinajstić information content (AvgIpc) is 3.38. The van der Waals surface area contributed by atoms with E-state index in [2.05, 4.69) is 4.98 Å². The number of aromatic nitrogens is 1. The van der Waals surface area contributed by atoms with Crippen LogP contribution in [0.25, 0.3) is 16.0 Å². The van der Waals surface area contributed by atoms with Crippen molar-refractivity contribution < 1.29 is 24.5 Å². The van der Waals surface area contributed by atoms with Gasteiger partial charge in [-0.3, -0.25) is 14.5 Å². The molecule has 9 heteroatoms. The molecule has 1 aliphatic heterocycles. The van der Waals surface area contributed by atoms with Gasteiger partial charge in [0.15, 0.2) is 5.13 Å². The Kier molecular flexibility index (Phi) is 6.39. The standard InChI is InChI=1S/C28H23ClN2O5S/c1-4-36-21-13-17(7-10-19(21)29)25(33)23-24(16-5-8-18(32)9-6-16)31(27(35)26(23)34)28-30-20-11-14(2)15(3)12-22(20)37-28/h5-13,24,32-33H,4H2,1-3H3/b25-23+. The molecule has 1 amide bonds. The van der Waals surface area contributed by atoms with E-state index < -0.39 is 17.7 Å². The summed E-state index contributed by atoms with van der Waals surface area (Å²) in [5.41, 5.74) is 3.59. The Hall–Kier alpha value is -3.88. The molecule has 2 heterocycles. The number of rotatable bonds is 5. The first-order valence-corrected chi connectivity index (χ1v) is 12.8. The monoisotopic (exact) mass is 534 g/mol. The van der Waals surface area contributed by atoms with Crippen LogP contribution in [-0.2, 0) is 9.59 Å². The largest absolute Gasteiger partial charge is 0.508 e. The van der Waals surface area contributed by atoms with E-state index in [0.717, 1.165) is 15.8 Å². The minimum absolute atomic E-state index is 0.0331. The number of fused-ring (bicyclic) bond motifs is 1. The summed E-state index contributed by atoms with van der Waals surface area (Å²) in [6, 6.07) is 13.8. The molecule has 5 rings (SSSR count). The lowest BCUT2D eigenvalue weighted by atomic mass is 9.95. The third kappa shape index (κ3) is 4.32. The third-order valence-electron chi connectivity index (χ3n) is 6.36. The van der Waals surface area contributed by atoms with Gasteiger partial charge in [0, 0.05) is 5.56 Å². The maximum absolute atomic E-state index is 13.4. The van der Waals surface area contributed by atoms with Gasteiger partial charge < -0.3 is 14.9 Å². The number of amides is 1. The van der Waals surface area contributed by atoms with Gasteiger partial charge in [0.05, 0.1) is 33.5 Å². The maximum Gasteiger partial charge on any atom is 0.301 e. The maximum atomic E-state index is 13.4. The third-order valence-corrected chi connectivity index (χ3v) is 7.69. The van der Waals surface area contributed by atoms with Crippen LogP contribution in [0.5, 0.6) is 11.5 Å². The van der Waals surface area contributed by atoms with Gasteiger partial charge in [-0.15, -0.1) is 0 Å². The number of benzene rings is 3. The molecule has 1 aromatic heterocycles. The predicted octanol–water partition coefficient (Wildman–Crippen LogP) is 6.30. The smallest absolute Gasteiger partial charge is 0.301 e. The highest BCUT2D eigenvalue weighted by molar-refractivity contribution is 7.22. The molecule has 0 bridgehead atoms. The summed E-state index contributed by atoms with van der Waals surface area (Å²) < 4.78 is 6.42. The number of anilines is 1. The molecule has 0 spiro atoms. The molecule has 7 nitrogen and oxygen atoms in total. The molecular formula is C28H23ClN2O5S. The lowest BCUT2D eigenvalue weighted by Gasteiger charge is -2.23. The average molecular weight is 535 g/mol. The Morgan fingerprint density at radius 2 is 1.78 bits per heavy atom. The van der Waals surface area contributed by atoms with Crippen LogP contribution in [0.2, 0.25) is 5.02 Å². The van der Waals surface area contributed by atoms with E-state index >= 15 is 0 Å². The quantitative estimate of drug-likeness (QED) is 0.177. The molecule has 3 aromatic carbocycles. The second-order valence-electron chi connectivity index (χ2n) is 8.74. The van der Waals surface area contributed by atoms with E-state index in [4.69, 9.17) is 16.3 Å². The first-order valence-electron chi connectivity index (χ1n) is 11.6. The number of phenols is 1. The van der Waals surface area contributed by atoms with Crippen molar-refractivity contribution >= 4 is 55.7 Å². The fourth-order valence-electron chi connectivity index (χ4n) is 4.34. The molecule has 188 valence electrons. The van der Waals surface area contributed by atoms with E-state index in [-0.39, 0.29) is 22.6 Å². The summed E-state index contributed by atoms with van der Waals surface area (Å²) in [6.07, 6.45) is 0. The normalized spacial score (nSPS) is 17.1. The second-order valence-corrected chi connectivity index (χ2v) is 10.2. The van der Waals surface area contributed by atoms with Gasteiger partial charge in [-0.25, -0.2) is 4.98 Å². The molecule has 37 heavy (non-hydrogen) atoms. The molecule has 1 atom stereocenters. The highest BCUT2D eigenvalue weighted by atomic mass is 35.5. The molecule has 0 aliphatic carbocycles. The Morgan fingerprint density at radius 3 is 2.49 bits per heavy atom. The van der Waals surface area contributed by atoms with E-state index in [1.807, 2.05) is 26.0 Å². The zero-order chi connectivity index (χ0) is 26.4. The van der Waals surface area contributed by atoms with Gasteiger partial charge >= 0.3 is 5.91 Å². The number of hydrogen-bond donors (Lipinski definition) is 2. The summed E-state index contributed by atoms with van der Waals surface area (Å²) >= 11 is 7.51. The van der Waals surface area contributed by atoms with Crippen LogP contribution in [0.4, 0.5) is 5.13 Å². The zero-order valence-electron chi connectivity index (χ0n) is 20.3. The molecule has 1 fully saturated rings. The highest BCUT2D eigenvalue weighted by Gasteiger charge is 2.48. The number of phenolic OH excluding ortho intramolecular Hbond substituents is 1. The van der Waals surface area contributed by atoms with Crippen LogP contribution in [0.3, 0.4) is 0 Å². The van der Waals surface area contributed by atoms with Crippen molar-refractivity contribution in [2.75, 3.05) is 11.5 Å². The summed E-state index contributed by atoms with van der Waals surface area (Å²) in [7, 11) is 0. The molecule has 2 N–H and O–H groups in total. The van der Waals surface area contributed by atoms with Crippen molar-refractivity contribution in [3.8, 4) is 11.5 Å². The number of aliphatic hydroxyl groups excluding tert-OH is 1. The number of carbonyl (C=O) groups is 2. The Balaban J connectivity index is 1.72. The van der Waals surface area contributed by atoms with Crippen LogP contribution in [0.1, 0.15) is 35.2 Å². The van der Waals surface area contributed by atoms with Crippen LogP contribution >= 0.6 is 22.9 Å². The number of thiazole rings is 1. The number of ether oxygens (including phenoxy) is 1. The highest BCUT2D eigenvalue weighted by Crippen LogP contribution is 2.45. The van der Waals surface area contributed by atoms with E-state index in [1.54, 1.807) is 31.2 Å². The summed E-state index contributed by atoms with van der Waals surface area (Å²) in [5.74, 6) is -1.61. The summed E-state index contributed by atoms with van der Waals surface area (Å²) in [4.78, 5) is 32.8. The SMILES string of the molecule is CCOc1cc(/C(O)=C2\C(=O)C(=O)N(c3nc4cc(C)c(C)cc4s3)C2c2ccc(O)cc2)ccc1Cl. The minimum atomic E-state index is -0.963. The predicted molar refractivity (Wildman–Crippen MR) is 145 cm³/mol. The van der Waals surface area contributed by atoms with E-state index in [1.165, 1.54) is 34.4 Å². The molecular weight excluding hydrogens is 512 g/mol. The van der Waals surface area contributed by atoms with E-state index in [0.29, 0.717) is 33.6 Å². The Labute approximate surface area is 222 Å². The zero-order valence-corrected chi connectivity index (χ0v) is 21.9. The summed E-state index contributed by atoms with van der Waals surface area (Å²) in [5, 5.41) is 21.9. The first kappa shape index (κ1) is 24.8. The van der Waals surface area contributed by atoms with Crippen LogP contribution in [-0.4, -0.2) is 33.5 Å². The molecule has 1 saturated heterocycles. The molecule has 0 saturated carbocycles. The van der Waals surface area contributed by atoms with Gasteiger partial charge in [-0.2, -0.15) is 0 Å². The lowest BCUT2D eigenvalue weighted by molar-refractivity contribution is -0.132. The minimum Gasteiger partial charge on any atom is -0.508 e. The van der Waals surface area contributed by atoms with Gasteiger partial charge in [0.25, 0.3) is 5.78 Å². The van der Waals surface area contributed by atoms with Crippen molar-refractivity contribution in [3.63, 3.8) is 0 Å².